The third-order valence-electron chi connectivity index (χ3n) is 4.36. The molecule has 0 atom stereocenters. The van der Waals surface area contributed by atoms with Gasteiger partial charge in [0.1, 0.15) is 0 Å². The summed E-state index contributed by atoms with van der Waals surface area (Å²) in [5.74, 6) is -3.17. The molecule has 0 unspecified atom stereocenters. The fraction of sp³-hybridized carbons (Fsp3) is 0.773. The Hall–Kier alpha value is -1.08. The number of carboxylic acids is 3. The first-order valence-corrected chi connectivity index (χ1v) is 10.8. The summed E-state index contributed by atoms with van der Waals surface area (Å²) in [4.78, 5) is 29.4. The number of rotatable bonds is 18. The van der Waals surface area contributed by atoms with Crippen molar-refractivity contribution >= 4 is 41.0 Å². The molecule has 7 heteroatoms. The van der Waals surface area contributed by atoms with Gasteiger partial charge in [0.05, 0.1) is 0 Å². The quantitative estimate of drug-likeness (QED) is 0.143. The van der Waals surface area contributed by atoms with Crippen LogP contribution >= 0.6 is 0 Å². The van der Waals surface area contributed by atoms with E-state index in [9.17, 15) is 14.4 Å². The molecule has 0 rings (SSSR count). The van der Waals surface area contributed by atoms with Crippen LogP contribution in [0.1, 0.15) is 113 Å². The van der Waals surface area contributed by atoms with Gasteiger partial charge in [0.15, 0.2) is 0 Å². The molecule has 0 heterocycles. The van der Waals surface area contributed by atoms with Crippen LogP contribution in [0.3, 0.4) is 0 Å². The minimum absolute atomic E-state index is 0. The maximum absolute atomic E-state index is 10.3. The topological polar surface area (TPSA) is 112 Å². The van der Waals surface area contributed by atoms with Crippen molar-refractivity contribution in [3.05, 3.63) is 12.2 Å². The Morgan fingerprint density at radius 2 is 0.862 bits per heavy atom. The zero-order chi connectivity index (χ0) is 21.5. The molecule has 0 spiro atoms. The number of aliphatic carboxylic acids is 3. The Balaban J connectivity index is -0.000000176. The van der Waals surface area contributed by atoms with Crippen LogP contribution in [0.2, 0.25) is 0 Å². The van der Waals surface area contributed by atoms with Gasteiger partial charge < -0.3 is 18.2 Å². The Labute approximate surface area is 195 Å². The van der Waals surface area contributed by atoms with Gasteiger partial charge in [0, 0.05) is 18.6 Å². The van der Waals surface area contributed by atoms with Gasteiger partial charge in [0.2, 0.25) is 0 Å². The Bertz CT molecular complexity index is 418. The van der Waals surface area contributed by atoms with Crippen molar-refractivity contribution < 1.29 is 32.6 Å². The second-order valence-corrected chi connectivity index (χ2v) is 7.10. The Morgan fingerprint density at radius 3 is 1.10 bits per heavy atom. The molecule has 0 radical (unpaired) electrons. The van der Waals surface area contributed by atoms with E-state index in [4.69, 9.17) is 15.3 Å². The average molecular weight is 427 g/mol. The molecule has 0 aliphatic heterocycles. The minimum atomic E-state index is -1.26. The zero-order valence-electron chi connectivity index (χ0n) is 20.2. The van der Waals surface area contributed by atoms with E-state index in [1.54, 1.807) is 0 Å². The van der Waals surface area contributed by atoms with Crippen LogP contribution in [-0.4, -0.2) is 56.3 Å². The van der Waals surface area contributed by atoms with Crippen LogP contribution in [0, 0.1) is 0 Å². The molecule has 6 nitrogen and oxygen atoms in total. The molecule has 0 aromatic rings. The Morgan fingerprint density at radius 1 is 0.586 bits per heavy atom. The Kier molecular flexibility index (Phi) is 30.2. The molecule has 0 amide bonds. The van der Waals surface area contributed by atoms with Crippen molar-refractivity contribution in [3.8, 4) is 0 Å². The van der Waals surface area contributed by atoms with Gasteiger partial charge in [-0.1, -0.05) is 96.8 Å². The van der Waals surface area contributed by atoms with Gasteiger partial charge in [-0.2, -0.15) is 0 Å². The molecule has 0 aliphatic carbocycles. The summed E-state index contributed by atoms with van der Waals surface area (Å²) in [6.45, 7) is 2.27. The molecule has 0 saturated carbocycles. The predicted molar refractivity (Wildman–Crippen MR) is 120 cm³/mol. The van der Waals surface area contributed by atoms with E-state index in [1.807, 2.05) is 0 Å². The standard InChI is InChI=1S/C18H36O2.C4H4O4.Mg.2H/c1-2-3-4-5-6-7-8-9-10-11-12-13-14-15-16-17-18(19)20;5-3(6)1-2-4(7)8;;;/h2-17H2,1H3,(H,19,20);1-2H,(H,5,6)(H,7,8);;;/q;;+2;2*-1/b;2-1+;;;. The summed E-state index contributed by atoms with van der Waals surface area (Å²) in [7, 11) is 0. The van der Waals surface area contributed by atoms with Gasteiger partial charge in [-0.25, -0.2) is 9.59 Å². The molecule has 0 fully saturated rings. The largest absolute Gasteiger partial charge is 2.00 e. The summed E-state index contributed by atoms with van der Waals surface area (Å²) in [6, 6.07) is 0. The molecular weight excluding hydrogens is 385 g/mol. The molecule has 0 aromatic carbocycles. The van der Waals surface area contributed by atoms with Crippen molar-refractivity contribution in [2.24, 2.45) is 0 Å². The molecule has 0 bridgehead atoms. The summed E-state index contributed by atoms with van der Waals surface area (Å²) in [6.07, 6.45) is 21.3. The summed E-state index contributed by atoms with van der Waals surface area (Å²) >= 11 is 0. The van der Waals surface area contributed by atoms with Gasteiger partial charge in [-0.3, -0.25) is 4.79 Å². The fourth-order valence-corrected chi connectivity index (χ4v) is 2.79. The number of hydrogen-bond donors (Lipinski definition) is 3. The summed E-state index contributed by atoms with van der Waals surface area (Å²) < 4.78 is 0. The zero-order valence-corrected chi connectivity index (χ0v) is 19.7. The number of unbranched alkanes of at least 4 members (excludes halogenated alkanes) is 14. The molecule has 0 aromatic heterocycles. The second kappa shape index (κ2) is 26.9. The fourth-order valence-electron chi connectivity index (χ4n) is 2.79. The monoisotopic (exact) mass is 426 g/mol. The molecule has 3 N–H and O–H groups in total. The van der Waals surface area contributed by atoms with Crippen molar-refractivity contribution in [1.82, 2.24) is 0 Å². The third kappa shape index (κ3) is 38.2. The molecule has 0 aliphatic rings. The van der Waals surface area contributed by atoms with E-state index in [0.29, 0.717) is 18.6 Å². The van der Waals surface area contributed by atoms with E-state index < -0.39 is 17.9 Å². The smallest absolute Gasteiger partial charge is 1.00 e. The van der Waals surface area contributed by atoms with E-state index >= 15 is 0 Å². The molecule has 168 valence electrons. The second-order valence-electron chi connectivity index (χ2n) is 7.10. The SMILES string of the molecule is CCCCCCCCCCCCCCCCCC(=O)O.O=C(O)/C=C/C(=O)O.[H-].[H-].[Mg+2]. The number of carboxylic acid groups (broad SMARTS) is 3. The van der Waals surface area contributed by atoms with Gasteiger partial charge in [0.25, 0.3) is 0 Å². The molecule has 29 heavy (non-hydrogen) atoms. The van der Waals surface area contributed by atoms with Crippen LogP contribution in [-0.2, 0) is 14.4 Å². The van der Waals surface area contributed by atoms with Crippen LogP contribution in [0.15, 0.2) is 12.2 Å². The van der Waals surface area contributed by atoms with Gasteiger partial charge in [-0.05, 0) is 6.42 Å². The van der Waals surface area contributed by atoms with E-state index in [0.717, 1.165) is 12.8 Å². The van der Waals surface area contributed by atoms with Crippen LogP contribution < -0.4 is 0 Å². The summed E-state index contributed by atoms with van der Waals surface area (Å²) in [5, 5.41) is 24.1. The van der Waals surface area contributed by atoms with Crippen molar-refractivity contribution in [2.75, 3.05) is 0 Å². The van der Waals surface area contributed by atoms with Crippen molar-refractivity contribution in [2.45, 2.75) is 110 Å². The van der Waals surface area contributed by atoms with E-state index in [1.165, 1.54) is 83.5 Å². The first-order chi connectivity index (χ1) is 13.4. The van der Waals surface area contributed by atoms with Gasteiger partial charge in [-0.15, -0.1) is 0 Å². The number of hydrogen-bond acceptors (Lipinski definition) is 3. The molecule has 0 saturated heterocycles. The van der Waals surface area contributed by atoms with Crippen molar-refractivity contribution in [3.63, 3.8) is 0 Å². The van der Waals surface area contributed by atoms with Crippen LogP contribution in [0.5, 0.6) is 0 Å². The normalized spacial score (nSPS) is 10.1. The minimum Gasteiger partial charge on any atom is -1.00 e. The summed E-state index contributed by atoms with van der Waals surface area (Å²) in [5.41, 5.74) is 0. The first kappa shape index (κ1) is 32.6. The van der Waals surface area contributed by atoms with Crippen LogP contribution in [0.25, 0.3) is 0 Å². The first-order valence-electron chi connectivity index (χ1n) is 10.8. The molecular formula is C22H42MgO6. The number of carbonyl (C=O) groups is 3. The van der Waals surface area contributed by atoms with Gasteiger partial charge >= 0.3 is 41.0 Å². The van der Waals surface area contributed by atoms with E-state index in [-0.39, 0.29) is 25.9 Å². The maximum Gasteiger partial charge on any atom is 2.00 e. The van der Waals surface area contributed by atoms with Crippen molar-refractivity contribution in [1.29, 1.82) is 0 Å². The maximum atomic E-state index is 10.3. The predicted octanol–water partition coefficient (Wildman–Crippen LogP) is 5.89. The average Bonchev–Trinajstić information content (AvgIpc) is 2.63. The third-order valence-corrected chi connectivity index (χ3v) is 4.36. The van der Waals surface area contributed by atoms with Crippen LogP contribution in [0.4, 0.5) is 0 Å². The van der Waals surface area contributed by atoms with E-state index in [2.05, 4.69) is 6.92 Å².